The lowest BCUT2D eigenvalue weighted by atomic mass is 10.1. The predicted octanol–water partition coefficient (Wildman–Crippen LogP) is 2.87. The average molecular weight is 391 g/mol. The molecule has 1 fully saturated rings. The minimum absolute atomic E-state index is 0.0185. The first kappa shape index (κ1) is 19.2. The van der Waals surface area contributed by atoms with Gasteiger partial charge in [0.05, 0.1) is 5.92 Å². The Bertz CT molecular complexity index is 966. The van der Waals surface area contributed by atoms with Crippen LogP contribution < -0.4 is 10.2 Å². The lowest BCUT2D eigenvalue weighted by Gasteiger charge is -2.18. The number of benzene rings is 2. The van der Waals surface area contributed by atoms with Crippen molar-refractivity contribution in [1.82, 2.24) is 4.90 Å². The molecule has 2 aromatic carbocycles. The third-order valence-electron chi connectivity index (χ3n) is 5.70. The van der Waals surface area contributed by atoms with E-state index in [-0.39, 0.29) is 30.1 Å². The summed E-state index contributed by atoms with van der Waals surface area (Å²) in [6.07, 6.45) is 3.53. The van der Waals surface area contributed by atoms with E-state index in [0.29, 0.717) is 17.8 Å². The van der Waals surface area contributed by atoms with Crippen molar-refractivity contribution in [2.45, 2.75) is 25.7 Å². The number of fused-ring (bicyclic) bond motifs is 1. The van der Waals surface area contributed by atoms with Crippen molar-refractivity contribution in [2.24, 2.45) is 5.92 Å². The van der Waals surface area contributed by atoms with Crippen LogP contribution >= 0.6 is 0 Å². The quantitative estimate of drug-likeness (QED) is 0.871. The monoisotopic (exact) mass is 391 g/mol. The van der Waals surface area contributed by atoms with Crippen LogP contribution in [0.4, 0.5) is 11.4 Å². The summed E-state index contributed by atoms with van der Waals surface area (Å²) in [5, 5.41) is 2.87. The topological polar surface area (TPSA) is 69.7 Å². The van der Waals surface area contributed by atoms with E-state index in [2.05, 4.69) is 17.4 Å². The summed E-state index contributed by atoms with van der Waals surface area (Å²) < 4.78 is 0. The third-order valence-corrected chi connectivity index (χ3v) is 5.70. The van der Waals surface area contributed by atoms with E-state index in [1.807, 2.05) is 6.07 Å². The fraction of sp³-hybridized carbons (Fsp3) is 0.348. The number of rotatable bonds is 4. The smallest absolute Gasteiger partial charge is 0.253 e. The molecule has 150 valence electrons. The zero-order valence-electron chi connectivity index (χ0n) is 16.8. The SMILES string of the molecule is CN(C)C(=O)c1ccc(NC(=O)C2CC(=O)N(c3ccc4c(c3)CCC4)C2)cc1. The Morgan fingerprint density at radius 1 is 1.03 bits per heavy atom. The molecule has 1 N–H and O–H groups in total. The van der Waals surface area contributed by atoms with Crippen molar-refractivity contribution in [2.75, 3.05) is 30.9 Å². The van der Waals surface area contributed by atoms with Crippen LogP contribution in [0.5, 0.6) is 0 Å². The molecule has 6 heteroatoms. The molecule has 1 heterocycles. The molecule has 2 aliphatic rings. The molecule has 4 rings (SSSR count). The molecule has 1 saturated heterocycles. The lowest BCUT2D eigenvalue weighted by molar-refractivity contribution is -0.122. The van der Waals surface area contributed by atoms with E-state index in [9.17, 15) is 14.4 Å². The van der Waals surface area contributed by atoms with Gasteiger partial charge in [0.2, 0.25) is 11.8 Å². The summed E-state index contributed by atoms with van der Waals surface area (Å²) in [6, 6.07) is 13.0. The van der Waals surface area contributed by atoms with E-state index in [1.54, 1.807) is 43.3 Å². The molecule has 3 amide bonds. The Morgan fingerprint density at radius 3 is 2.48 bits per heavy atom. The number of amides is 3. The highest BCUT2D eigenvalue weighted by atomic mass is 16.2. The normalized spacial score (nSPS) is 17.9. The van der Waals surface area contributed by atoms with Crippen LogP contribution in [0.15, 0.2) is 42.5 Å². The zero-order chi connectivity index (χ0) is 20.5. The molecule has 1 unspecified atom stereocenters. The van der Waals surface area contributed by atoms with E-state index in [1.165, 1.54) is 16.0 Å². The second-order valence-electron chi connectivity index (χ2n) is 7.98. The maximum atomic E-state index is 12.7. The largest absolute Gasteiger partial charge is 0.345 e. The first-order valence-electron chi connectivity index (χ1n) is 9.97. The summed E-state index contributed by atoms with van der Waals surface area (Å²) in [7, 11) is 3.39. The van der Waals surface area contributed by atoms with Crippen LogP contribution in [0.25, 0.3) is 0 Å². The van der Waals surface area contributed by atoms with Crippen LogP contribution in [0.3, 0.4) is 0 Å². The maximum absolute atomic E-state index is 12.7. The van der Waals surface area contributed by atoms with Gasteiger partial charge in [-0.15, -0.1) is 0 Å². The molecule has 1 atom stereocenters. The number of nitrogens with zero attached hydrogens (tertiary/aromatic N) is 2. The molecular weight excluding hydrogens is 366 g/mol. The van der Waals surface area contributed by atoms with Gasteiger partial charge in [-0.2, -0.15) is 0 Å². The van der Waals surface area contributed by atoms with Gasteiger partial charge in [-0.05, 0) is 66.8 Å². The van der Waals surface area contributed by atoms with Crippen LogP contribution in [-0.2, 0) is 22.4 Å². The van der Waals surface area contributed by atoms with Gasteiger partial charge in [-0.3, -0.25) is 14.4 Å². The third kappa shape index (κ3) is 3.88. The van der Waals surface area contributed by atoms with Crippen molar-refractivity contribution in [1.29, 1.82) is 0 Å². The second-order valence-corrected chi connectivity index (χ2v) is 7.98. The Kier molecular flexibility index (Phi) is 5.09. The molecular formula is C23H25N3O3. The summed E-state index contributed by atoms with van der Waals surface area (Å²) in [5.74, 6) is -0.670. The number of hydrogen-bond donors (Lipinski definition) is 1. The van der Waals surface area contributed by atoms with Gasteiger partial charge in [0, 0.05) is 44.0 Å². The summed E-state index contributed by atoms with van der Waals surface area (Å²) in [4.78, 5) is 40.4. The Balaban J connectivity index is 1.41. The van der Waals surface area contributed by atoms with E-state index in [4.69, 9.17) is 0 Å². The van der Waals surface area contributed by atoms with Crippen LogP contribution in [0.1, 0.15) is 34.3 Å². The molecule has 1 aliphatic carbocycles. The maximum Gasteiger partial charge on any atom is 0.253 e. The first-order valence-corrected chi connectivity index (χ1v) is 9.97. The fourth-order valence-electron chi connectivity index (χ4n) is 4.06. The van der Waals surface area contributed by atoms with E-state index >= 15 is 0 Å². The Labute approximate surface area is 170 Å². The van der Waals surface area contributed by atoms with Gasteiger partial charge in [-0.25, -0.2) is 0 Å². The number of hydrogen-bond acceptors (Lipinski definition) is 3. The lowest BCUT2D eigenvalue weighted by Crippen LogP contribution is -2.28. The molecule has 0 radical (unpaired) electrons. The number of anilines is 2. The molecule has 0 bridgehead atoms. The van der Waals surface area contributed by atoms with E-state index in [0.717, 1.165) is 24.9 Å². The predicted molar refractivity (Wildman–Crippen MR) is 112 cm³/mol. The molecule has 1 aliphatic heterocycles. The number of aryl methyl sites for hydroxylation is 2. The van der Waals surface area contributed by atoms with Crippen LogP contribution in [0, 0.1) is 5.92 Å². The highest BCUT2D eigenvalue weighted by Gasteiger charge is 2.35. The van der Waals surface area contributed by atoms with Gasteiger partial charge in [0.1, 0.15) is 0 Å². The summed E-state index contributed by atoms with van der Waals surface area (Å²) >= 11 is 0. The van der Waals surface area contributed by atoms with Crippen molar-refractivity contribution >= 4 is 29.1 Å². The highest BCUT2D eigenvalue weighted by molar-refractivity contribution is 6.03. The minimum Gasteiger partial charge on any atom is -0.345 e. The highest BCUT2D eigenvalue weighted by Crippen LogP contribution is 2.31. The first-order chi connectivity index (χ1) is 13.9. The van der Waals surface area contributed by atoms with Gasteiger partial charge in [-0.1, -0.05) is 6.07 Å². The zero-order valence-corrected chi connectivity index (χ0v) is 16.8. The van der Waals surface area contributed by atoms with E-state index < -0.39 is 0 Å². The molecule has 6 nitrogen and oxygen atoms in total. The molecule has 0 saturated carbocycles. The van der Waals surface area contributed by atoms with Gasteiger partial charge >= 0.3 is 0 Å². The van der Waals surface area contributed by atoms with Crippen LogP contribution in [0.2, 0.25) is 0 Å². The molecule has 2 aromatic rings. The molecule has 0 aromatic heterocycles. The summed E-state index contributed by atoms with van der Waals surface area (Å²) in [5.41, 5.74) is 4.75. The van der Waals surface area contributed by atoms with Gasteiger partial charge in [0.25, 0.3) is 5.91 Å². The fourth-order valence-corrected chi connectivity index (χ4v) is 4.06. The van der Waals surface area contributed by atoms with Crippen molar-refractivity contribution in [3.63, 3.8) is 0 Å². The standard InChI is InChI=1S/C23H25N3O3/c1-25(2)23(29)16-6-9-19(10-7-16)24-22(28)18-13-21(27)26(14-18)20-11-8-15-4-3-5-17(15)12-20/h6-12,18H,3-5,13-14H2,1-2H3,(H,24,28). The van der Waals surface area contributed by atoms with Crippen molar-refractivity contribution < 1.29 is 14.4 Å². The average Bonchev–Trinajstić information content (AvgIpc) is 3.33. The second kappa shape index (κ2) is 7.70. The Hall–Kier alpha value is -3.15. The number of carbonyl (C=O) groups excluding carboxylic acids is 3. The van der Waals surface area contributed by atoms with Gasteiger partial charge in [0.15, 0.2) is 0 Å². The number of nitrogens with one attached hydrogen (secondary N) is 1. The van der Waals surface area contributed by atoms with Crippen molar-refractivity contribution in [3.05, 3.63) is 59.2 Å². The summed E-state index contributed by atoms with van der Waals surface area (Å²) in [6.45, 7) is 0.390. The molecule has 0 spiro atoms. The Morgan fingerprint density at radius 2 is 1.76 bits per heavy atom. The van der Waals surface area contributed by atoms with Crippen molar-refractivity contribution in [3.8, 4) is 0 Å². The van der Waals surface area contributed by atoms with Crippen LogP contribution in [-0.4, -0.2) is 43.3 Å². The van der Waals surface area contributed by atoms with Gasteiger partial charge < -0.3 is 15.1 Å². The minimum atomic E-state index is -0.390. The molecule has 29 heavy (non-hydrogen) atoms. The number of carbonyl (C=O) groups is 3.